The third kappa shape index (κ3) is 3.44. The van der Waals surface area contributed by atoms with Crippen LogP contribution >= 0.6 is 0 Å². The van der Waals surface area contributed by atoms with Crippen LogP contribution in [-0.2, 0) is 6.54 Å². The van der Waals surface area contributed by atoms with Crippen molar-refractivity contribution in [2.75, 3.05) is 5.32 Å². The molecule has 0 saturated heterocycles. The van der Waals surface area contributed by atoms with Gasteiger partial charge in [-0.3, -0.25) is 0 Å². The fourth-order valence-electron chi connectivity index (χ4n) is 1.42. The van der Waals surface area contributed by atoms with E-state index in [0.29, 0.717) is 6.54 Å². The first-order valence-electron chi connectivity index (χ1n) is 5.14. The Kier molecular flexibility index (Phi) is 3.45. The third-order valence-corrected chi connectivity index (χ3v) is 2.18. The quantitative estimate of drug-likeness (QED) is 0.904. The smallest absolute Gasteiger partial charge is 0.472 e. The average molecular weight is 257 g/mol. The zero-order valence-electron chi connectivity index (χ0n) is 9.20. The number of nitrogens with one attached hydrogen (secondary N) is 1. The summed E-state index contributed by atoms with van der Waals surface area (Å²) < 4.78 is 45.3. The second-order valence-corrected chi connectivity index (χ2v) is 3.53. The Morgan fingerprint density at radius 1 is 1.17 bits per heavy atom. The molecule has 0 atom stereocenters. The molecule has 0 aliphatic rings. The Bertz CT molecular complexity index is 494. The first kappa shape index (κ1) is 12.3. The van der Waals surface area contributed by atoms with Gasteiger partial charge in [0.2, 0.25) is 0 Å². The Morgan fingerprint density at radius 2 is 1.94 bits per heavy atom. The van der Waals surface area contributed by atoms with Gasteiger partial charge in [-0.05, 0) is 18.2 Å². The van der Waals surface area contributed by atoms with E-state index < -0.39 is 6.36 Å². The summed E-state index contributed by atoms with van der Waals surface area (Å²) in [6.45, 7) is 0.356. The summed E-state index contributed by atoms with van der Waals surface area (Å²) in [5, 5.41) is 2.85. The molecule has 6 heteroatoms. The molecule has 96 valence electrons. The number of benzene rings is 1. The highest BCUT2D eigenvalue weighted by atomic mass is 19.4. The number of rotatable bonds is 4. The van der Waals surface area contributed by atoms with E-state index in [9.17, 15) is 13.2 Å². The lowest BCUT2D eigenvalue weighted by atomic mass is 10.2. The van der Waals surface area contributed by atoms with Crippen molar-refractivity contribution in [3.63, 3.8) is 0 Å². The van der Waals surface area contributed by atoms with Gasteiger partial charge in [-0.25, -0.2) is 0 Å². The molecule has 0 saturated carbocycles. The SMILES string of the molecule is FC(F)(F)Oc1ccccc1NCc1ccoc1. The van der Waals surface area contributed by atoms with Gasteiger partial charge in [0.1, 0.15) is 0 Å². The number of anilines is 1. The first-order chi connectivity index (χ1) is 8.54. The Hall–Kier alpha value is -2.11. The number of alkyl halides is 3. The molecule has 18 heavy (non-hydrogen) atoms. The predicted octanol–water partition coefficient (Wildman–Crippen LogP) is 3.79. The summed E-state index contributed by atoms with van der Waals surface area (Å²) in [6.07, 6.45) is -1.69. The van der Waals surface area contributed by atoms with Crippen molar-refractivity contribution in [1.29, 1.82) is 0 Å². The molecule has 0 fully saturated rings. The van der Waals surface area contributed by atoms with E-state index in [1.54, 1.807) is 12.1 Å². The molecule has 2 rings (SSSR count). The molecule has 0 bridgehead atoms. The molecule has 0 unspecified atom stereocenters. The predicted molar refractivity (Wildman–Crippen MR) is 59.2 cm³/mol. The van der Waals surface area contributed by atoms with E-state index in [2.05, 4.69) is 10.1 Å². The van der Waals surface area contributed by atoms with Crippen LogP contribution < -0.4 is 10.1 Å². The minimum absolute atomic E-state index is 0.256. The lowest BCUT2D eigenvalue weighted by Crippen LogP contribution is -2.18. The molecule has 0 radical (unpaired) electrons. The summed E-state index contributed by atoms with van der Waals surface area (Å²) in [5.74, 6) is -0.256. The molecule has 0 spiro atoms. The summed E-state index contributed by atoms with van der Waals surface area (Å²) >= 11 is 0. The zero-order chi connectivity index (χ0) is 13.0. The summed E-state index contributed by atoms with van der Waals surface area (Å²) in [7, 11) is 0. The fourth-order valence-corrected chi connectivity index (χ4v) is 1.42. The van der Waals surface area contributed by atoms with Crippen LogP contribution in [0.25, 0.3) is 0 Å². The summed E-state index contributed by atoms with van der Waals surface area (Å²) in [6, 6.07) is 7.59. The van der Waals surface area contributed by atoms with E-state index in [4.69, 9.17) is 4.42 Å². The molecular weight excluding hydrogens is 247 g/mol. The third-order valence-electron chi connectivity index (χ3n) is 2.18. The normalized spacial score (nSPS) is 11.3. The minimum atomic E-state index is -4.70. The Labute approximate surface area is 101 Å². The van der Waals surface area contributed by atoms with Crippen LogP contribution in [0.1, 0.15) is 5.56 Å². The van der Waals surface area contributed by atoms with E-state index in [0.717, 1.165) is 5.56 Å². The van der Waals surface area contributed by atoms with Gasteiger partial charge in [0.15, 0.2) is 5.75 Å². The number of para-hydroxylation sites is 2. The fraction of sp³-hybridized carbons (Fsp3) is 0.167. The van der Waals surface area contributed by atoms with Gasteiger partial charge in [0.25, 0.3) is 0 Å². The highest BCUT2D eigenvalue weighted by Gasteiger charge is 2.32. The molecular formula is C12H10F3NO2. The van der Waals surface area contributed by atoms with Crippen molar-refractivity contribution in [3.05, 3.63) is 48.4 Å². The van der Waals surface area contributed by atoms with Crippen LogP contribution in [0.5, 0.6) is 5.75 Å². The maximum atomic E-state index is 12.2. The largest absolute Gasteiger partial charge is 0.573 e. The van der Waals surface area contributed by atoms with E-state index in [-0.39, 0.29) is 11.4 Å². The standard InChI is InChI=1S/C12H10F3NO2/c13-12(14,15)18-11-4-2-1-3-10(11)16-7-9-5-6-17-8-9/h1-6,8,16H,7H2. The van der Waals surface area contributed by atoms with E-state index in [1.807, 2.05) is 0 Å². The second kappa shape index (κ2) is 5.03. The molecule has 2 aromatic rings. The summed E-state index contributed by atoms with van der Waals surface area (Å²) in [4.78, 5) is 0. The average Bonchev–Trinajstić information content (AvgIpc) is 2.79. The summed E-state index contributed by atoms with van der Waals surface area (Å²) in [5.41, 5.74) is 1.10. The van der Waals surface area contributed by atoms with Crippen molar-refractivity contribution in [1.82, 2.24) is 0 Å². The minimum Gasteiger partial charge on any atom is -0.472 e. The number of ether oxygens (including phenoxy) is 1. The van der Waals surface area contributed by atoms with Gasteiger partial charge in [-0.15, -0.1) is 13.2 Å². The lowest BCUT2D eigenvalue weighted by Gasteiger charge is -2.13. The van der Waals surface area contributed by atoms with Crippen molar-refractivity contribution >= 4 is 5.69 Å². The van der Waals surface area contributed by atoms with Crippen LogP contribution in [0.15, 0.2) is 47.3 Å². The van der Waals surface area contributed by atoms with Crippen LogP contribution in [-0.4, -0.2) is 6.36 Å². The van der Waals surface area contributed by atoms with Crippen LogP contribution in [0.2, 0.25) is 0 Å². The monoisotopic (exact) mass is 257 g/mol. The van der Waals surface area contributed by atoms with Gasteiger partial charge in [0.05, 0.1) is 18.2 Å². The Balaban J connectivity index is 2.07. The zero-order valence-corrected chi connectivity index (χ0v) is 9.20. The van der Waals surface area contributed by atoms with Crippen LogP contribution in [0.4, 0.5) is 18.9 Å². The second-order valence-electron chi connectivity index (χ2n) is 3.53. The molecule has 1 aromatic carbocycles. The van der Waals surface area contributed by atoms with Crippen molar-refractivity contribution in [3.8, 4) is 5.75 Å². The van der Waals surface area contributed by atoms with Gasteiger partial charge in [-0.2, -0.15) is 0 Å². The van der Waals surface area contributed by atoms with Gasteiger partial charge in [0, 0.05) is 12.1 Å². The van der Waals surface area contributed by atoms with Crippen molar-refractivity contribution in [2.24, 2.45) is 0 Å². The number of hydrogen-bond donors (Lipinski definition) is 1. The first-order valence-corrected chi connectivity index (χ1v) is 5.14. The van der Waals surface area contributed by atoms with Crippen molar-refractivity contribution in [2.45, 2.75) is 12.9 Å². The Morgan fingerprint density at radius 3 is 2.61 bits per heavy atom. The molecule has 0 amide bonds. The molecule has 0 aliphatic carbocycles. The topological polar surface area (TPSA) is 34.4 Å². The highest BCUT2D eigenvalue weighted by molar-refractivity contribution is 5.56. The van der Waals surface area contributed by atoms with Gasteiger partial charge >= 0.3 is 6.36 Å². The van der Waals surface area contributed by atoms with Crippen molar-refractivity contribution < 1.29 is 22.3 Å². The number of furan rings is 1. The molecule has 3 nitrogen and oxygen atoms in total. The van der Waals surface area contributed by atoms with Crippen LogP contribution in [0.3, 0.4) is 0 Å². The lowest BCUT2D eigenvalue weighted by molar-refractivity contribution is -0.274. The molecule has 1 heterocycles. The number of halogens is 3. The highest BCUT2D eigenvalue weighted by Crippen LogP contribution is 2.30. The van der Waals surface area contributed by atoms with E-state index >= 15 is 0 Å². The van der Waals surface area contributed by atoms with Gasteiger partial charge < -0.3 is 14.5 Å². The molecule has 1 aromatic heterocycles. The van der Waals surface area contributed by atoms with Gasteiger partial charge in [-0.1, -0.05) is 12.1 Å². The maximum Gasteiger partial charge on any atom is 0.573 e. The van der Waals surface area contributed by atoms with E-state index in [1.165, 1.54) is 30.7 Å². The number of hydrogen-bond acceptors (Lipinski definition) is 3. The van der Waals surface area contributed by atoms with Crippen LogP contribution in [0, 0.1) is 0 Å². The molecule has 0 aliphatic heterocycles. The maximum absolute atomic E-state index is 12.2. The molecule has 1 N–H and O–H groups in total.